The molecule has 0 saturated carbocycles. The van der Waals surface area contributed by atoms with E-state index >= 15 is 0 Å². The molecule has 0 radical (unpaired) electrons. The molecule has 2 saturated heterocycles. The second kappa shape index (κ2) is 6.71. The molecule has 1 N–H and O–H groups in total. The third-order valence-corrected chi connectivity index (χ3v) is 6.31. The molecule has 2 heterocycles. The molecule has 0 aromatic heterocycles. The molecule has 1 aromatic carbocycles. The van der Waals surface area contributed by atoms with E-state index in [9.17, 15) is 14.4 Å². The zero-order chi connectivity index (χ0) is 18.2. The molecule has 2 amide bonds. The fraction of sp³-hybridized carbons (Fsp3) is 0.500. The number of rotatable bonds is 4. The van der Waals surface area contributed by atoms with Crippen LogP contribution in [0.5, 0.6) is 0 Å². The maximum atomic E-state index is 12.4. The number of aryl methyl sites for hydroxylation is 2. The number of benzene rings is 1. The van der Waals surface area contributed by atoms with Gasteiger partial charge in [0.05, 0.1) is 4.87 Å². The predicted octanol–water partition coefficient (Wildman–Crippen LogP) is 2.24. The Kier molecular flexibility index (Phi) is 4.77. The van der Waals surface area contributed by atoms with Crippen LogP contribution in [0.1, 0.15) is 30.9 Å². The van der Waals surface area contributed by atoms with E-state index in [1.807, 2.05) is 39.0 Å². The number of thioether (sulfide) groups is 1. The molecule has 134 valence electrons. The van der Waals surface area contributed by atoms with Gasteiger partial charge in [0.1, 0.15) is 6.04 Å². The Morgan fingerprint density at radius 1 is 1.36 bits per heavy atom. The van der Waals surface area contributed by atoms with Crippen LogP contribution in [0.15, 0.2) is 18.2 Å². The molecular formula is C18H22N2O4S. The molecule has 7 heteroatoms. The van der Waals surface area contributed by atoms with E-state index in [1.54, 1.807) is 16.7 Å². The average molecular weight is 362 g/mol. The van der Waals surface area contributed by atoms with Crippen molar-refractivity contribution in [3.63, 3.8) is 0 Å². The predicted molar refractivity (Wildman–Crippen MR) is 96.2 cm³/mol. The highest BCUT2D eigenvalue weighted by atomic mass is 32.2. The highest BCUT2D eigenvalue weighted by molar-refractivity contribution is 8.01. The molecule has 0 aliphatic carbocycles. The average Bonchev–Trinajstić information content (AvgIpc) is 3.05. The van der Waals surface area contributed by atoms with Crippen LogP contribution >= 0.6 is 11.8 Å². The Labute approximate surface area is 151 Å². The molecule has 25 heavy (non-hydrogen) atoms. The Morgan fingerprint density at radius 2 is 2.04 bits per heavy atom. The molecule has 2 aliphatic rings. The number of esters is 1. The third-order valence-electron chi connectivity index (χ3n) is 4.81. The highest BCUT2D eigenvalue weighted by Gasteiger charge is 2.53. The summed E-state index contributed by atoms with van der Waals surface area (Å²) >= 11 is 1.60. The summed E-state index contributed by atoms with van der Waals surface area (Å²) in [5.41, 5.74) is 2.64. The highest BCUT2D eigenvalue weighted by Crippen LogP contribution is 2.47. The second-order valence-electron chi connectivity index (χ2n) is 6.69. The lowest BCUT2D eigenvalue weighted by Crippen LogP contribution is -2.47. The van der Waals surface area contributed by atoms with Gasteiger partial charge in [0, 0.05) is 17.9 Å². The van der Waals surface area contributed by atoms with Gasteiger partial charge in [-0.2, -0.15) is 0 Å². The van der Waals surface area contributed by atoms with Crippen molar-refractivity contribution in [2.75, 3.05) is 17.7 Å². The summed E-state index contributed by atoms with van der Waals surface area (Å²) in [4.78, 5) is 37.8. The summed E-state index contributed by atoms with van der Waals surface area (Å²) in [6.45, 7) is 5.43. The number of amides is 2. The number of nitrogens with one attached hydrogen (secondary N) is 1. The van der Waals surface area contributed by atoms with Crippen LogP contribution in [0.3, 0.4) is 0 Å². The molecule has 0 spiro atoms. The molecule has 1 aromatic rings. The van der Waals surface area contributed by atoms with Gasteiger partial charge in [-0.25, -0.2) is 4.79 Å². The molecule has 6 nitrogen and oxygen atoms in total. The first-order chi connectivity index (χ1) is 11.8. The van der Waals surface area contributed by atoms with Crippen molar-refractivity contribution in [3.8, 4) is 0 Å². The van der Waals surface area contributed by atoms with Gasteiger partial charge in [-0.1, -0.05) is 18.2 Å². The topological polar surface area (TPSA) is 75.7 Å². The van der Waals surface area contributed by atoms with E-state index in [-0.39, 0.29) is 23.3 Å². The molecule has 2 aliphatic heterocycles. The lowest BCUT2D eigenvalue weighted by molar-refractivity contribution is -0.155. The smallest absolute Gasteiger partial charge is 0.330 e. The Balaban J connectivity index is 1.58. The van der Waals surface area contributed by atoms with Gasteiger partial charge in [0.25, 0.3) is 5.91 Å². The summed E-state index contributed by atoms with van der Waals surface area (Å²) in [7, 11) is 0. The van der Waals surface area contributed by atoms with Crippen LogP contribution < -0.4 is 5.32 Å². The van der Waals surface area contributed by atoms with Gasteiger partial charge < -0.3 is 15.0 Å². The van der Waals surface area contributed by atoms with E-state index < -0.39 is 12.0 Å². The van der Waals surface area contributed by atoms with E-state index in [4.69, 9.17) is 4.74 Å². The fourth-order valence-electron chi connectivity index (χ4n) is 3.42. The molecule has 0 bridgehead atoms. The van der Waals surface area contributed by atoms with Crippen LogP contribution in [0.4, 0.5) is 5.69 Å². The van der Waals surface area contributed by atoms with E-state index in [0.717, 1.165) is 23.2 Å². The number of ether oxygens (including phenoxy) is 1. The number of hydrogen-bond donors (Lipinski definition) is 1. The summed E-state index contributed by atoms with van der Waals surface area (Å²) in [5.74, 6) is -0.399. The van der Waals surface area contributed by atoms with Crippen LogP contribution in [0.2, 0.25) is 0 Å². The molecule has 0 unspecified atom stereocenters. The quantitative estimate of drug-likeness (QED) is 0.832. The summed E-state index contributed by atoms with van der Waals surface area (Å²) in [6.07, 6.45) is 1.20. The fourth-order valence-corrected chi connectivity index (χ4v) is 4.83. The zero-order valence-electron chi connectivity index (χ0n) is 14.6. The van der Waals surface area contributed by atoms with Crippen LogP contribution in [0, 0.1) is 13.8 Å². The van der Waals surface area contributed by atoms with Crippen molar-refractivity contribution in [1.29, 1.82) is 0 Å². The Bertz CT molecular complexity index is 716. The zero-order valence-corrected chi connectivity index (χ0v) is 15.4. The standard InChI is InChI=1S/C18H22N2O4S/c1-11-5-4-6-12(2)16(11)19-14(21)9-24-17(23)13-10-25-18(3)8-7-15(22)20(13)18/h4-6,13H,7-10H2,1-3H3,(H,19,21)/t13-,18-/m1/s1. The van der Waals surface area contributed by atoms with Crippen LogP contribution in [-0.2, 0) is 19.1 Å². The number of para-hydroxylation sites is 1. The van der Waals surface area contributed by atoms with Gasteiger partial charge in [0.2, 0.25) is 5.91 Å². The van der Waals surface area contributed by atoms with Gasteiger partial charge in [-0.3, -0.25) is 9.59 Å². The largest absolute Gasteiger partial charge is 0.454 e. The van der Waals surface area contributed by atoms with Gasteiger partial charge in [0.15, 0.2) is 6.61 Å². The Morgan fingerprint density at radius 3 is 2.72 bits per heavy atom. The molecule has 3 rings (SSSR count). The SMILES string of the molecule is Cc1cccc(C)c1NC(=O)COC(=O)[C@H]1CS[C@]2(C)CCC(=O)N12. The lowest BCUT2D eigenvalue weighted by Gasteiger charge is -2.29. The maximum Gasteiger partial charge on any atom is 0.330 e. The van der Waals surface area contributed by atoms with Crippen molar-refractivity contribution in [3.05, 3.63) is 29.3 Å². The number of nitrogens with zero attached hydrogens (tertiary/aromatic N) is 1. The van der Waals surface area contributed by atoms with E-state index in [2.05, 4.69) is 5.32 Å². The minimum atomic E-state index is -0.599. The summed E-state index contributed by atoms with van der Waals surface area (Å²) in [5, 5.41) is 2.79. The van der Waals surface area contributed by atoms with Crippen molar-refractivity contribution in [2.45, 2.75) is 44.5 Å². The van der Waals surface area contributed by atoms with Gasteiger partial charge >= 0.3 is 5.97 Å². The van der Waals surface area contributed by atoms with Crippen LogP contribution in [-0.4, -0.2) is 46.0 Å². The number of carbonyl (C=O) groups excluding carboxylic acids is 3. The van der Waals surface area contributed by atoms with Crippen molar-refractivity contribution in [1.82, 2.24) is 4.90 Å². The van der Waals surface area contributed by atoms with E-state index in [0.29, 0.717) is 12.2 Å². The van der Waals surface area contributed by atoms with E-state index in [1.165, 1.54) is 0 Å². The first-order valence-corrected chi connectivity index (χ1v) is 9.29. The monoisotopic (exact) mass is 362 g/mol. The second-order valence-corrected chi connectivity index (χ2v) is 8.19. The van der Waals surface area contributed by atoms with Crippen molar-refractivity contribution >= 4 is 35.2 Å². The summed E-state index contributed by atoms with van der Waals surface area (Å²) in [6, 6.07) is 5.13. The number of hydrogen-bond acceptors (Lipinski definition) is 5. The molecule has 2 fully saturated rings. The van der Waals surface area contributed by atoms with Gasteiger partial charge in [-0.05, 0) is 38.3 Å². The van der Waals surface area contributed by atoms with Crippen LogP contribution in [0.25, 0.3) is 0 Å². The normalized spacial score (nSPS) is 25.0. The number of carbonyl (C=O) groups is 3. The van der Waals surface area contributed by atoms with Crippen molar-refractivity contribution in [2.24, 2.45) is 0 Å². The van der Waals surface area contributed by atoms with Gasteiger partial charge in [-0.15, -0.1) is 11.8 Å². The Hall–Kier alpha value is -2.02. The molecule has 2 atom stereocenters. The number of fused-ring (bicyclic) bond motifs is 1. The molecular weight excluding hydrogens is 340 g/mol. The first kappa shape index (κ1) is 17.8. The van der Waals surface area contributed by atoms with Crippen molar-refractivity contribution < 1.29 is 19.1 Å². The third kappa shape index (κ3) is 3.38. The lowest BCUT2D eigenvalue weighted by atomic mass is 10.1. The minimum absolute atomic E-state index is 0.0190. The minimum Gasteiger partial charge on any atom is -0.454 e. The number of anilines is 1. The first-order valence-electron chi connectivity index (χ1n) is 8.30. The maximum absolute atomic E-state index is 12.4. The summed E-state index contributed by atoms with van der Waals surface area (Å²) < 4.78 is 5.18.